The highest BCUT2D eigenvalue weighted by molar-refractivity contribution is 7.99. The van der Waals surface area contributed by atoms with Crippen LogP contribution < -0.4 is 5.32 Å². The summed E-state index contributed by atoms with van der Waals surface area (Å²) in [4.78, 5) is 2.61. The van der Waals surface area contributed by atoms with Gasteiger partial charge >= 0.3 is 0 Å². The van der Waals surface area contributed by atoms with E-state index >= 15 is 0 Å². The molecule has 15 heavy (non-hydrogen) atoms. The Morgan fingerprint density at radius 3 is 2.67 bits per heavy atom. The van der Waals surface area contributed by atoms with Crippen molar-refractivity contribution in [2.24, 2.45) is 0 Å². The summed E-state index contributed by atoms with van der Waals surface area (Å²) in [5.41, 5.74) is 0.240. The second-order valence-electron chi connectivity index (χ2n) is 5.66. The Bertz CT molecular complexity index is 189. The Labute approximate surface area is 99.2 Å². The third-order valence-corrected chi connectivity index (χ3v) is 3.96. The van der Waals surface area contributed by atoms with Gasteiger partial charge in [-0.25, -0.2) is 0 Å². The van der Waals surface area contributed by atoms with E-state index in [1.54, 1.807) is 0 Å². The predicted octanol–water partition coefficient (Wildman–Crippen LogP) is 2.20. The van der Waals surface area contributed by atoms with E-state index in [9.17, 15) is 0 Å². The zero-order valence-corrected chi connectivity index (χ0v) is 11.7. The van der Waals surface area contributed by atoms with Crippen LogP contribution in [0.2, 0.25) is 0 Å². The fourth-order valence-electron chi connectivity index (χ4n) is 1.83. The minimum Gasteiger partial charge on any atom is -0.311 e. The van der Waals surface area contributed by atoms with Crippen LogP contribution in [0.3, 0.4) is 0 Å². The second-order valence-corrected chi connectivity index (χ2v) is 7.20. The van der Waals surface area contributed by atoms with Crippen LogP contribution in [0, 0.1) is 0 Å². The maximum atomic E-state index is 3.59. The molecule has 3 heteroatoms. The molecule has 1 aliphatic heterocycles. The summed E-state index contributed by atoms with van der Waals surface area (Å²) >= 11 is 2.10. The standard InChI is InChI=1S/C12H26N2S/c1-10(8-13-12(3,4)5)14-6-7-15-11(2)9-14/h10-11,13H,6-9H2,1-5H3. The first-order valence-electron chi connectivity index (χ1n) is 5.99. The lowest BCUT2D eigenvalue weighted by atomic mass is 10.1. The van der Waals surface area contributed by atoms with Gasteiger partial charge in [-0.15, -0.1) is 0 Å². The molecule has 0 aliphatic carbocycles. The normalized spacial score (nSPS) is 26.6. The van der Waals surface area contributed by atoms with E-state index in [0.29, 0.717) is 6.04 Å². The average molecular weight is 230 g/mol. The number of nitrogens with one attached hydrogen (secondary N) is 1. The second kappa shape index (κ2) is 5.55. The quantitative estimate of drug-likeness (QED) is 0.800. The maximum absolute atomic E-state index is 3.59. The van der Waals surface area contributed by atoms with Crippen LogP contribution in [0.1, 0.15) is 34.6 Å². The van der Waals surface area contributed by atoms with E-state index in [1.807, 2.05) is 0 Å². The molecule has 0 aromatic carbocycles. The van der Waals surface area contributed by atoms with Gasteiger partial charge in [0.1, 0.15) is 0 Å². The smallest absolute Gasteiger partial charge is 0.0193 e. The van der Waals surface area contributed by atoms with E-state index in [1.165, 1.54) is 18.8 Å². The minimum absolute atomic E-state index is 0.240. The molecular formula is C12H26N2S. The monoisotopic (exact) mass is 230 g/mol. The first kappa shape index (κ1) is 13.3. The molecule has 2 nitrogen and oxygen atoms in total. The van der Waals surface area contributed by atoms with Crippen LogP contribution in [0.15, 0.2) is 0 Å². The van der Waals surface area contributed by atoms with Crippen molar-refractivity contribution in [2.75, 3.05) is 25.4 Å². The zero-order valence-electron chi connectivity index (χ0n) is 10.8. The average Bonchev–Trinajstić information content (AvgIpc) is 2.13. The molecule has 0 aromatic rings. The Morgan fingerprint density at radius 2 is 2.13 bits per heavy atom. The molecule has 0 radical (unpaired) electrons. The van der Waals surface area contributed by atoms with Crippen LogP contribution in [0.5, 0.6) is 0 Å². The minimum atomic E-state index is 0.240. The van der Waals surface area contributed by atoms with Gasteiger partial charge in [0.15, 0.2) is 0 Å². The van der Waals surface area contributed by atoms with Crippen molar-refractivity contribution in [3.63, 3.8) is 0 Å². The van der Waals surface area contributed by atoms with Gasteiger partial charge in [0.25, 0.3) is 0 Å². The molecule has 2 atom stereocenters. The third kappa shape index (κ3) is 5.23. The third-order valence-electron chi connectivity index (χ3n) is 2.82. The van der Waals surface area contributed by atoms with Crippen molar-refractivity contribution >= 4 is 11.8 Å². The van der Waals surface area contributed by atoms with Crippen LogP contribution in [0.25, 0.3) is 0 Å². The Morgan fingerprint density at radius 1 is 1.47 bits per heavy atom. The van der Waals surface area contributed by atoms with Crippen molar-refractivity contribution in [2.45, 2.75) is 51.4 Å². The van der Waals surface area contributed by atoms with Crippen LogP contribution in [0.4, 0.5) is 0 Å². The predicted molar refractivity (Wildman–Crippen MR) is 70.7 cm³/mol. The lowest BCUT2D eigenvalue weighted by molar-refractivity contribution is 0.203. The van der Waals surface area contributed by atoms with E-state index in [0.717, 1.165) is 11.8 Å². The van der Waals surface area contributed by atoms with Gasteiger partial charge in [-0.2, -0.15) is 11.8 Å². The van der Waals surface area contributed by atoms with Crippen molar-refractivity contribution < 1.29 is 0 Å². The molecule has 1 saturated heterocycles. The Kier molecular flexibility index (Phi) is 4.94. The number of nitrogens with zero attached hydrogens (tertiary/aromatic N) is 1. The molecule has 1 fully saturated rings. The Balaban J connectivity index is 2.29. The largest absolute Gasteiger partial charge is 0.311 e. The summed E-state index contributed by atoms with van der Waals surface area (Å²) in [6.45, 7) is 15.0. The molecule has 0 bridgehead atoms. The molecule has 2 unspecified atom stereocenters. The highest BCUT2D eigenvalue weighted by Crippen LogP contribution is 2.19. The summed E-state index contributed by atoms with van der Waals surface area (Å²) < 4.78 is 0. The van der Waals surface area contributed by atoms with E-state index < -0.39 is 0 Å². The zero-order chi connectivity index (χ0) is 11.5. The number of hydrogen-bond donors (Lipinski definition) is 1. The van der Waals surface area contributed by atoms with Gasteiger partial charge in [0.05, 0.1) is 0 Å². The fraction of sp³-hybridized carbons (Fsp3) is 1.00. The lowest BCUT2D eigenvalue weighted by Gasteiger charge is -2.36. The van der Waals surface area contributed by atoms with Gasteiger partial charge in [0.2, 0.25) is 0 Å². The molecule has 90 valence electrons. The van der Waals surface area contributed by atoms with Crippen molar-refractivity contribution in [1.82, 2.24) is 10.2 Å². The molecule has 1 N–H and O–H groups in total. The molecule has 0 spiro atoms. The number of rotatable bonds is 3. The molecule has 0 amide bonds. The first-order chi connectivity index (χ1) is 6.88. The van der Waals surface area contributed by atoms with Crippen LogP contribution in [-0.4, -0.2) is 47.1 Å². The van der Waals surface area contributed by atoms with Crippen molar-refractivity contribution in [1.29, 1.82) is 0 Å². The number of thioether (sulfide) groups is 1. The summed E-state index contributed by atoms with van der Waals surface area (Å²) in [6.07, 6.45) is 0. The summed E-state index contributed by atoms with van der Waals surface area (Å²) in [7, 11) is 0. The highest BCUT2D eigenvalue weighted by atomic mass is 32.2. The van der Waals surface area contributed by atoms with Crippen molar-refractivity contribution in [3.05, 3.63) is 0 Å². The van der Waals surface area contributed by atoms with Crippen LogP contribution in [-0.2, 0) is 0 Å². The van der Waals surface area contributed by atoms with Gasteiger partial charge in [-0.05, 0) is 27.7 Å². The topological polar surface area (TPSA) is 15.3 Å². The molecule has 1 heterocycles. The summed E-state index contributed by atoms with van der Waals surface area (Å²) in [6, 6.07) is 0.660. The first-order valence-corrected chi connectivity index (χ1v) is 7.04. The summed E-state index contributed by atoms with van der Waals surface area (Å²) in [5.74, 6) is 1.29. The van der Waals surface area contributed by atoms with Gasteiger partial charge in [-0.1, -0.05) is 6.92 Å². The summed E-state index contributed by atoms with van der Waals surface area (Å²) in [5, 5.41) is 4.39. The SMILES string of the molecule is CC1CN(C(C)CNC(C)(C)C)CCS1. The molecule has 0 saturated carbocycles. The molecule has 1 aliphatic rings. The van der Waals surface area contributed by atoms with E-state index in [-0.39, 0.29) is 5.54 Å². The molecule has 1 rings (SSSR count). The van der Waals surface area contributed by atoms with Gasteiger partial charge in [-0.3, -0.25) is 4.90 Å². The van der Waals surface area contributed by atoms with E-state index in [2.05, 4.69) is 56.6 Å². The maximum Gasteiger partial charge on any atom is 0.0193 e. The highest BCUT2D eigenvalue weighted by Gasteiger charge is 2.22. The fourth-order valence-corrected chi connectivity index (χ4v) is 2.87. The van der Waals surface area contributed by atoms with E-state index in [4.69, 9.17) is 0 Å². The number of hydrogen-bond acceptors (Lipinski definition) is 3. The van der Waals surface area contributed by atoms with Crippen LogP contribution >= 0.6 is 11.8 Å². The lowest BCUT2D eigenvalue weighted by Crippen LogP contribution is -2.49. The molecule has 0 aromatic heterocycles. The van der Waals surface area contributed by atoms with Gasteiger partial charge < -0.3 is 5.32 Å². The molecular weight excluding hydrogens is 204 g/mol. The Hall–Kier alpha value is 0.270. The van der Waals surface area contributed by atoms with Crippen molar-refractivity contribution in [3.8, 4) is 0 Å². The van der Waals surface area contributed by atoms with Gasteiger partial charge in [0, 0.05) is 42.2 Å².